The summed E-state index contributed by atoms with van der Waals surface area (Å²) in [5.41, 5.74) is -3.15. The van der Waals surface area contributed by atoms with E-state index in [4.69, 9.17) is 9.31 Å². The van der Waals surface area contributed by atoms with Crippen LogP contribution in [0.5, 0.6) is 0 Å². The molecule has 1 aromatic heterocycles. The number of halogens is 3. The highest BCUT2D eigenvalue weighted by atomic mass is 32.2. The third kappa shape index (κ3) is 5.06. The first-order valence-corrected chi connectivity index (χ1v) is 9.21. The molecule has 1 N–H and O–H groups in total. The molecule has 1 aliphatic heterocycles. The summed E-state index contributed by atoms with van der Waals surface area (Å²) in [6.45, 7) is 8.80. The van der Waals surface area contributed by atoms with Crippen molar-refractivity contribution in [1.82, 2.24) is 4.98 Å². The van der Waals surface area contributed by atoms with Gasteiger partial charge in [-0.1, -0.05) is 17.8 Å². The number of rotatable bonds is 4. The van der Waals surface area contributed by atoms with E-state index in [2.05, 4.69) is 4.98 Å². The Labute approximate surface area is 159 Å². The Hall–Kier alpha value is -1.52. The fourth-order valence-corrected chi connectivity index (χ4v) is 2.95. The van der Waals surface area contributed by atoms with Crippen LogP contribution in [0.3, 0.4) is 0 Å². The molecule has 27 heavy (non-hydrogen) atoms. The Kier molecular flexibility index (Phi) is 6.04. The van der Waals surface area contributed by atoms with Crippen LogP contribution in [0.1, 0.15) is 45.7 Å². The van der Waals surface area contributed by atoms with Crippen molar-refractivity contribution < 1.29 is 27.3 Å². The van der Waals surface area contributed by atoms with E-state index in [1.807, 2.05) is 27.7 Å². The standard InChI is InChI=1S/C17H21BF3NO4S/c1-10(23)27-9-12(18-25-15(2,3)16(4,5)26-18)6-11-7-13(17(19,20)21)14(24)22-8-11/h6-8H,9H2,1-5H3,(H,22,24). The second-order valence-electron chi connectivity index (χ2n) is 7.26. The molecule has 1 aromatic rings. The summed E-state index contributed by atoms with van der Waals surface area (Å²) in [6, 6.07) is 0.766. The highest BCUT2D eigenvalue weighted by Crippen LogP contribution is 2.39. The molecule has 0 aromatic carbocycles. The first-order chi connectivity index (χ1) is 12.2. The summed E-state index contributed by atoms with van der Waals surface area (Å²) in [5, 5.41) is -0.144. The van der Waals surface area contributed by atoms with E-state index >= 15 is 0 Å². The first-order valence-electron chi connectivity index (χ1n) is 8.22. The molecule has 0 atom stereocenters. The lowest BCUT2D eigenvalue weighted by Gasteiger charge is -2.32. The lowest BCUT2D eigenvalue weighted by molar-refractivity contribution is -0.138. The highest BCUT2D eigenvalue weighted by Gasteiger charge is 2.52. The second-order valence-corrected chi connectivity index (χ2v) is 8.41. The molecule has 0 bridgehead atoms. The molecule has 1 aliphatic rings. The number of pyridine rings is 1. The lowest BCUT2D eigenvalue weighted by Crippen LogP contribution is -2.41. The van der Waals surface area contributed by atoms with Gasteiger partial charge in [0.15, 0.2) is 5.12 Å². The van der Waals surface area contributed by atoms with Crippen molar-refractivity contribution in [2.45, 2.75) is 52.0 Å². The third-order valence-corrected chi connectivity index (χ3v) is 5.47. The van der Waals surface area contributed by atoms with Crippen molar-refractivity contribution in [2.75, 3.05) is 5.75 Å². The van der Waals surface area contributed by atoms with Gasteiger partial charge in [-0.3, -0.25) is 9.59 Å². The maximum absolute atomic E-state index is 13.0. The van der Waals surface area contributed by atoms with Gasteiger partial charge in [0.2, 0.25) is 0 Å². The zero-order chi connectivity index (χ0) is 20.6. The number of hydrogen-bond acceptors (Lipinski definition) is 5. The molecule has 2 rings (SSSR count). The van der Waals surface area contributed by atoms with Crippen molar-refractivity contribution in [3.05, 3.63) is 39.2 Å². The van der Waals surface area contributed by atoms with Crippen LogP contribution in [0.4, 0.5) is 13.2 Å². The number of aromatic amines is 1. The van der Waals surface area contributed by atoms with Crippen LogP contribution in [0.15, 0.2) is 22.5 Å². The number of aromatic nitrogens is 1. The van der Waals surface area contributed by atoms with Gasteiger partial charge >= 0.3 is 13.3 Å². The Morgan fingerprint density at radius 3 is 2.30 bits per heavy atom. The summed E-state index contributed by atoms with van der Waals surface area (Å²) in [6.07, 6.45) is -2.14. The number of alkyl halides is 3. The molecular weight excluding hydrogens is 382 g/mol. The summed E-state index contributed by atoms with van der Waals surface area (Å²) in [5.74, 6) is 0.187. The van der Waals surface area contributed by atoms with E-state index in [9.17, 15) is 22.8 Å². The summed E-state index contributed by atoms with van der Waals surface area (Å²) in [7, 11) is -0.817. The number of carbonyl (C=O) groups excluding carboxylic acids is 1. The minimum absolute atomic E-state index is 0.135. The van der Waals surface area contributed by atoms with E-state index in [1.54, 1.807) is 0 Å². The minimum atomic E-state index is -4.77. The van der Waals surface area contributed by atoms with E-state index < -0.39 is 35.6 Å². The number of carbonyl (C=O) groups is 1. The fourth-order valence-electron chi connectivity index (χ4n) is 2.37. The molecule has 5 nitrogen and oxygen atoms in total. The van der Waals surface area contributed by atoms with Gasteiger partial charge in [0, 0.05) is 18.9 Å². The summed E-state index contributed by atoms with van der Waals surface area (Å²) < 4.78 is 50.8. The zero-order valence-corrected chi connectivity index (χ0v) is 16.5. The maximum atomic E-state index is 13.0. The van der Waals surface area contributed by atoms with Crippen molar-refractivity contribution in [2.24, 2.45) is 0 Å². The summed E-state index contributed by atoms with van der Waals surface area (Å²) in [4.78, 5) is 24.9. The van der Waals surface area contributed by atoms with E-state index in [1.165, 1.54) is 19.2 Å². The van der Waals surface area contributed by atoms with Crippen LogP contribution in [0, 0.1) is 0 Å². The molecule has 0 unspecified atom stereocenters. The monoisotopic (exact) mass is 403 g/mol. The second kappa shape index (κ2) is 7.48. The van der Waals surface area contributed by atoms with Gasteiger partial charge in [-0.2, -0.15) is 13.2 Å². The number of thioether (sulfide) groups is 1. The van der Waals surface area contributed by atoms with Crippen LogP contribution in [-0.2, 0) is 20.3 Å². The van der Waals surface area contributed by atoms with Gasteiger partial charge in [0.05, 0.1) is 11.2 Å². The van der Waals surface area contributed by atoms with Gasteiger partial charge < -0.3 is 14.3 Å². The maximum Gasteiger partial charge on any atom is 0.491 e. The average molecular weight is 403 g/mol. The van der Waals surface area contributed by atoms with Gasteiger partial charge in [-0.15, -0.1) is 0 Å². The molecule has 2 heterocycles. The third-order valence-electron chi connectivity index (χ3n) is 4.58. The van der Waals surface area contributed by atoms with E-state index in [0.717, 1.165) is 17.8 Å². The van der Waals surface area contributed by atoms with Crippen molar-refractivity contribution in [1.29, 1.82) is 0 Å². The molecule has 0 radical (unpaired) electrons. The van der Waals surface area contributed by atoms with E-state index in [-0.39, 0.29) is 16.4 Å². The Bertz CT molecular complexity index is 801. The molecule has 0 spiro atoms. The number of H-pyrrole nitrogens is 1. The predicted molar refractivity (Wildman–Crippen MR) is 99.3 cm³/mol. The van der Waals surface area contributed by atoms with E-state index in [0.29, 0.717) is 5.47 Å². The average Bonchev–Trinajstić information content (AvgIpc) is 2.72. The Morgan fingerprint density at radius 1 is 1.26 bits per heavy atom. The summed E-state index contributed by atoms with van der Waals surface area (Å²) >= 11 is 0.997. The zero-order valence-electron chi connectivity index (χ0n) is 15.7. The normalized spacial score (nSPS) is 19.4. The highest BCUT2D eigenvalue weighted by molar-refractivity contribution is 8.13. The molecule has 1 fully saturated rings. The molecule has 0 saturated carbocycles. The molecule has 1 saturated heterocycles. The van der Waals surface area contributed by atoms with Crippen LogP contribution in [0.25, 0.3) is 6.08 Å². The first kappa shape index (κ1) is 21.8. The van der Waals surface area contributed by atoms with Crippen molar-refractivity contribution in [3.8, 4) is 0 Å². The SMILES string of the molecule is CC(=O)SCC(=Cc1c[nH]c(=O)c(C(F)(F)F)c1)B1OC(C)(C)C(C)(C)O1. The van der Waals surface area contributed by atoms with Crippen LogP contribution >= 0.6 is 11.8 Å². The fraction of sp³-hybridized carbons (Fsp3) is 0.529. The Balaban J connectivity index is 2.43. The van der Waals surface area contributed by atoms with Crippen LogP contribution in [-0.4, -0.2) is 34.2 Å². The molecule has 10 heteroatoms. The number of nitrogens with one attached hydrogen (secondary N) is 1. The smallest absolute Gasteiger partial charge is 0.400 e. The van der Waals surface area contributed by atoms with Crippen LogP contribution < -0.4 is 5.56 Å². The van der Waals surface area contributed by atoms with Crippen molar-refractivity contribution in [3.63, 3.8) is 0 Å². The molecule has 148 valence electrons. The Morgan fingerprint density at radius 2 is 1.81 bits per heavy atom. The topological polar surface area (TPSA) is 68.4 Å². The van der Waals surface area contributed by atoms with Gasteiger partial charge in [-0.05, 0) is 44.8 Å². The predicted octanol–water partition coefficient (Wildman–Crippen LogP) is 3.69. The van der Waals surface area contributed by atoms with Crippen molar-refractivity contribution >= 4 is 30.1 Å². The lowest BCUT2D eigenvalue weighted by atomic mass is 9.78. The van der Waals surface area contributed by atoms with Crippen LogP contribution in [0.2, 0.25) is 0 Å². The molecule has 0 amide bonds. The largest absolute Gasteiger partial charge is 0.491 e. The van der Waals surface area contributed by atoms with Gasteiger partial charge in [0.1, 0.15) is 5.56 Å². The van der Waals surface area contributed by atoms with Gasteiger partial charge in [0.25, 0.3) is 5.56 Å². The molecule has 0 aliphatic carbocycles. The number of hydrogen-bond donors (Lipinski definition) is 1. The minimum Gasteiger partial charge on any atom is -0.400 e. The quantitative estimate of drug-likeness (QED) is 0.777. The molecular formula is C17H21BF3NO4S. The van der Waals surface area contributed by atoms with Gasteiger partial charge in [-0.25, -0.2) is 0 Å².